The van der Waals surface area contributed by atoms with E-state index >= 15 is 0 Å². The highest BCUT2D eigenvalue weighted by Crippen LogP contribution is 2.30. The number of aromatic hydroxyl groups is 1. The Hall–Kier alpha value is -3.27. The summed E-state index contributed by atoms with van der Waals surface area (Å²) in [4.78, 5) is 26.1. The summed E-state index contributed by atoms with van der Waals surface area (Å²) in [5.41, 5.74) is 0.746. The molecule has 0 saturated carbocycles. The second kappa shape index (κ2) is 8.62. The number of alkyl halides is 3. The summed E-state index contributed by atoms with van der Waals surface area (Å²) in [5, 5.41) is 12.3. The number of methoxy groups -OCH3 is 1. The van der Waals surface area contributed by atoms with Crippen LogP contribution < -0.4 is 14.9 Å². The molecule has 0 aliphatic rings. The van der Waals surface area contributed by atoms with E-state index in [1.165, 1.54) is 19.2 Å². The average Bonchev–Trinajstić information content (AvgIpc) is 2.98. The fraction of sp³-hybridized carbons (Fsp3) is 0.200. The number of ether oxygens (including phenoxy) is 1. The van der Waals surface area contributed by atoms with E-state index in [0.29, 0.717) is 16.2 Å². The molecule has 3 N–H and O–H groups in total. The van der Waals surface area contributed by atoms with Gasteiger partial charge in [0.1, 0.15) is 5.75 Å². The summed E-state index contributed by atoms with van der Waals surface area (Å²) >= 11 is 0.892. The molecular weight excluding hydrogens is 421 g/mol. The summed E-state index contributed by atoms with van der Waals surface area (Å²) in [6, 6.07) is 9.30. The molecule has 1 heterocycles. The first kappa shape index (κ1) is 21.4. The van der Waals surface area contributed by atoms with Crippen molar-refractivity contribution in [2.24, 2.45) is 0 Å². The first-order valence-electron chi connectivity index (χ1n) is 8.69. The number of amides is 1. The molecule has 0 bridgehead atoms. The standard InChI is InChI=1S/C20H17F3N2O4S/c1-29-15-7-2-11(9-16-18(27)25-19(28)30-16)8-12(15)10-17(26)24-14-5-3-13(4-6-14)20(21,22)23/h2-8,27H,9-10H2,1H3,(H,24,26)(H,25,28). The second-order valence-corrected chi connectivity index (χ2v) is 7.48. The number of halogens is 3. The highest BCUT2D eigenvalue weighted by Gasteiger charge is 2.30. The number of thiazole rings is 1. The van der Waals surface area contributed by atoms with Crippen LogP contribution in [0.3, 0.4) is 0 Å². The number of aromatic nitrogens is 1. The van der Waals surface area contributed by atoms with E-state index in [-0.39, 0.29) is 29.3 Å². The molecule has 0 saturated heterocycles. The van der Waals surface area contributed by atoms with Crippen molar-refractivity contribution in [2.75, 3.05) is 12.4 Å². The number of anilines is 1. The number of benzene rings is 2. The van der Waals surface area contributed by atoms with Crippen molar-refractivity contribution in [1.82, 2.24) is 4.98 Å². The Balaban J connectivity index is 1.73. The number of hydrogen-bond acceptors (Lipinski definition) is 5. The Morgan fingerprint density at radius 2 is 1.90 bits per heavy atom. The van der Waals surface area contributed by atoms with Crippen LogP contribution in [0.1, 0.15) is 21.6 Å². The van der Waals surface area contributed by atoms with Gasteiger partial charge >= 0.3 is 11.0 Å². The largest absolute Gasteiger partial charge is 0.496 e. The molecule has 3 rings (SSSR count). The van der Waals surface area contributed by atoms with Gasteiger partial charge in [-0.2, -0.15) is 13.2 Å². The first-order chi connectivity index (χ1) is 14.2. The van der Waals surface area contributed by atoms with Crippen molar-refractivity contribution in [3.8, 4) is 11.6 Å². The smallest absolute Gasteiger partial charge is 0.416 e. The number of hydrogen-bond donors (Lipinski definition) is 3. The summed E-state index contributed by atoms with van der Waals surface area (Å²) < 4.78 is 43.2. The number of nitrogens with one attached hydrogen (secondary N) is 2. The van der Waals surface area contributed by atoms with Gasteiger partial charge in [0, 0.05) is 17.7 Å². The van der Waals surface area contributed by atoms with E-state index in [4.69, 9.17) is 4.74 Å². The van der Waals surface area contributed by atoms with Gasteiger partial charge in [0.25, 0.3) is 0 Å². The monoisotopic (exact) mass is 438 g/mol. The Morgan fingerprint density at radius 3 is 2.47 bits per heavy atom. The van der Waals surface area contributed by atoms with Crippen LogP contribution in [-0.4, -0.2) is 23.1 Å². The van der Waals surface area contributed by atoms with Crippen LogP contribution in [0.2, 0.25) is 0 Å². The minimum atomic E-state index is -4.45. The SMILES string of the molecule is COc1ccc(Cc2sc(=O)[nH]c2O)cc1CC(=O)Nc1ccc(C(F)(F)F)cc1. The molecule has 30 heavy (non-hydrogen) atoms. The third-order valence-electron chi connectivity index (χ3n) is 4.26. The van der Waals surface area contributed by atoms with Crippen LogP contribution in [0.4, 0.5) is 18.9 Å². The van der Waals surface area contributed by atoms with Crippen molar-refractivity contribution < 1.29 is 27.8 Å². The molecule has 6 nitrogen and oxygen atoms in total. The van der Waals surface area contributed by atoms with Crippen LogP contribution in [0.15, 0.2) is 47.3 Å². The van der Waals surface area contributed by atoms with Gasteiger partial charge in [-0.25, -0.2) is 0 Å². The van der Waals surface area contributed by atoms with Gasteiger partial charge in [-0.05, 0) is 35.9 Å². The maximum Gasteiger partial charge on any atom is 0.416 e. The number of carbonyl (C=O) groups is 1. The lowest BCUT2D eigenvalue weighted by Crippen LogP contribution is -2.15. The molecule has 0 atom stereocenters. The molecular formula is C20H17F3N2O4S. The molecule has 0 aliphatic heterocycles. The van der Waals surface area contributed by atoms with E-state index in [2.05, 4.69) is 10.3 Å². The normalized spacial score (nSPS) is 11.3. The molecule has 1 aromatic heterocycles. The summed E-state index contributed by atoms with van der Waals surface area (Å²) in [5.74, 6) is -0.158. The molecule has 0 aliphatic carbocycles. The Labute approximate surface area is 173 Å². The lowest BCUT2D eigenvalue weighted by atomic mass is 10.0. The van der Waals surface area contributed by atoms with Gasteiger partial charge in [0.15, 0.2) is 0 Å². The zero-order chi connectivity index (χ0) is 21.9. The number of rotatable bonds is 6. The van der Waals surface area contributed by atoms with E-state index in [9.17, 15) is 27.9 Å². The lowest BCUT2D eigenvalue weighted by molar-refractivity contribution is -0.137. The Morgan fingerprint density at radius 1 is 1.20 bits per heavy atom. The summed E-state index contributed by atoms with van der Waals surface area (Å²) in [7, 11) is 1.45. The highest BCUT2D eigenvalue weighted by molar-refractivity contribution is 7.09. The van der Waals surface area contributed by atoms with Crippen molar-refractivity contribution in [1.29, 1.82) is 0 Å². The molecule has 10 heteroatoms. The van der Waals surface area contributed by atoms with E-state index < -0.39 is 17.6 Å². The van der Waals surface area contributed by atoms with Crippen molar-refractivity contribution in [3.05, 3.63) is 73.7 Å². The van der Waals surface area contributed by atoms with Crippen LogP contribution in [0, 0.1) is 0 Å². The molecule has 1 amide bonds. The Kier molecular flexibility index (Phi) is 6.16. The fourth-order valence-corrected chi connectivity index (χ4v) is 3.62. The molecule has 0 fully saturated rings. The van der Waals surface area contributed by atoms with Crippen LogP contribution in [0.5, 0.6) is 11.6 Å². The van der Waals surface area contributed by atoms with Gasteiger partial charge in [-0.15, -0.1) is 0 Å². The van der Waals surface area contributed by atoms with Crippen molar-refractivity contribution in [2.45, 2.75) is 19.0 Å². The third kappa shape index (κ3) is 5.20. The third-order valence-corrected chi connectivity index (χ3v) is 5.13. The van der Waals surface area contributed by atoms with E-state index in [1.807, 2.05) is 0 Å². The van der Waals surface area contributed by atoms with Gasteiger partial charge in [-0.1, -0.05) is 23.5 Å². The van der Waals surface area contributed by atoms with Crippen LogP contribution in [-0.2, 0) is 23.8 Å². The predicted octanol–water partition coefficient (Wildman–Crippen LogP) is 3.94. The van der Waals surface area contributed by atoms with Gasteiger partial charge in [0.05, 0.1) is 24.0 Å². The predicted molar refractivity (Wildman–Crippen MR) is 106 cm³/mol. The summed E-state index contributed by atoms with van der Waals surface area (Å²) in [6.45, 7) is 0. The maximum absolute atomic E-state index is 12.6. The highest BCUT2D eigenvalue weighted by atomic mass is 32.1. The van der Waals surface area contributed by atoms with Gasteiger partial charge in [-0.3, -0.25) is 14.6 Å². The van der Waals surface area contributed by atoms with Crippen LogP contribution in [0.25, 0.3) is 0 Å². The molecule has 2 aromatic carbocycles. The zero-order valence-electron chi connectivity index (χ0n) is 15.7. The molecule has 158 valence electrons. The topological polar surface area (TPSA) is 91.4 Å². The van der Waals surface area contributed by atoms with Crippen molar-refractivity contribution in [3.63, 3.8) is 0 Å². The number of aromatic amines is 1. The van der Waals surface area contributed by atoms with Gasteiger partial charge < -0.3 is 15.2 Å². The van der Waals surface area contributed by atoms with E-state index in [0.717, 1.165) is 29.0 Å². The number of H-pyrrole nitrogens is 1. The summed E-state index contributed by atoms with van der Waals surface area (Å²) in [6.07, 6.45) is -4.24. The minimum Gasteiger partial charge on any atom is -0.496 e. The lowest BCUT2D eigenvalue weighted by Gasteiger charge is -2.12. The Bertz CT molecular complexity index is 1100. The van der Waals surface area contributed by atoms with Crippen molar-refractivity contribution >= 4 is 22.9 Å². The second-order valence-electron chi connectivity index (χ2n) is 6.41. The number of carbonyl (C=O) groups excluding carboxylic acids is 1. The van der Waals surface area contributed by atoms with E-state index in [1.54, 1.807) is 18.2 Å². The van der Waals surface area contributed by atoms with Crippen LogP contribution >= 0.6 is 11.3 Å². The zero-order valence-corrected chi connectivity index (χ0v) is 16.5. The quantitative estimate of drug-likeness (QED) is 0.544. The minimum absolute atomic E-state index is 0.0760. The molecule has 0 spiro atoms. The molecule has 3 aromatic rings. The maximum atomic E-state index is 12.6. The van der Waals surface area contributed by atoms with Gasteiger partial charge in [0.2, 0.25) is 11.8 Å². The average molecular weight is 438 g/mol. The first-order valence-corrected chi connectivity index (χ1v) is 9.51. The fourth-order valence-electron chi connectivity index (χ4n) is 2.86. The molecule has 0 unspecified atom stereocenters. The molecule has 0 radical (unpaired) electrons.